The van der Waals surface area contributed by atoms with Crippen LogP contribution < -0.4 is 10.6 Å². The molecule has 0 radical (unpaired) electrons. The van der Waals surface area contributed by atoms with Crippen LogP contribution in [0.1, 0.15) is 30.5 Å². The van der Waals surface area contributed by atoms with Crippen molar-refractivity contribution in [1.29, 1.82) is 0 Å². The Morgan fingerprint density at radius 3 is 2.83 bits per heavy atom. The van der Waals surface area contributed by atoms with Gasteiger partial charge >= 0.3 is 0 Å². The van der Waals surface area contributed by atoms with E-state index in [1.807, 2.05) is 38.1 Å². The molecule has 4 nitrogen and oxygen atoms in total. The molecule has 1 aromatic carbocycles. The number of aryl methyl sites for hydroxylation is 1. The van der Waals surface area contributed by atoms with Crippen molar-refractivity contribution in [2.45, 2.75) is 38.5 Å². The molecular weight excluding hydrogens is 228 g/mol. The number of amides is 1. The summed E-state index contributed by atoms with van der Waals surface area (Å²) in [6.07, 6.45) is 0.0845. The summed E-state index contributed by atoms with van der Waals surface area (Å²) in [6, 6.07) is 7.74. The molecule has 0 saturated carbocycles. The molecule has 1 aliphatic rings. The number of hydrogen-bond donors (Lipinski definition) is 3. The largest absolute Gasteiger partial charge is 0.392 e. The second-order valence-corrected chi connectivity index (χ2v) is 4.94. The van der Waals surface area contributed by atoms with Gasteiger partial charge in [-0.2, -0.15) is 0 Å². The van der Waals surface area contributed by atoms with E-state index in [9.17, 15) is 9.90 Å². The highest BCUT2D eigenvalue weighted by atomic mass is 16.3. The minimum atomic E-state index is -0.408. The van der Waals surface area contributed by atoms with Gasteiger partial charge in [0, 0.05) is 6.54 Å². The molecule has 0 aromatic heterocycles. The van der Waals surface area contributed by atoms with Gasteiger partial charge in [0.05, 0.1) is 18.2 Å². The third-order valence-electron chi connectivity index (χ3n) is 3.44. The van der Waals surface area contributed by atoms with Gasteiger partial charge in [-0.1, -0.05) is 24.3 Å². The molecule has 2 rings (SSSR count). The Morgan fingerprint density at radius 2 is 2.22 bits per heavy atom. The van der Waals surface area contributed by atoms with Gasteiger partial charge in [-0.15, -0.1) is 0 Å². The van der Waals surface area contributed by atoms with Crippen LogP contribution >= 0.6 is 0 Å². The molecule has 1 aromatic rings. The van der Waals surface area contributed by atoms with Crippen molar-refractivity contribution in [2.24, 2.45) is 0 Å². The number of benzene rings is 1. The SMILES string of the molecule is Cc1ccccc1[C@H](C)NC(=O)C1CC(O)CN1. The van der Waals surface area contributed by atoms with Crippen molar-refractivity contribution < 1.29 is 9.90 Å². The molecule has 3 N–H and O–H groups in total. The highest BCUT2D eigenvalue weighted by Gasteiger charge is 2.28. The van der Waals surface area contributed by atoms with Gasteiger partial charge in [0.25, 0.3) is 0 Å². The maximum atomic E-state index is 12.0. The fraction of sp³-hybridized carbons (Fsp3) is 0.500. The van der Waals surface area contributed by atoms with Gasteiger partial charge < -0.3 is 15.7 Å². The van der Waals surface area contributed by atoms with Crippen molar-refractivity contribution in [3.05, 3.63) is 35.4 Å². The Bertz CT molecular complexity index is 434. The summed E-state index contributed by atoms with van der Waals surface area (Å²) >= 11 is 0. The predicted molar refractivity (Wildman–Crippen MR) is 70.2 cm³/mol. The Balaban J connectivity index is 1.97. The predicted octanol–water partition coefficient (Wildman–Crippen LogP) is 0.895. The number of rotatable bonds is 3. The van der Waals surface area contributed by atoms with Crippen LogP contribution in [0.5, 0.6) is 0 Å². The minimum absolute atomic E-state index is 0.0155. The van der Waals surface area contributed by atoms with Crippen LogP contribution in [0.4, 0.5) is 0 Å². The molecule has 3 atom stereocenters. The highest BCUT2D eigenvalue weighted by molar-refractivity contribution is 5.82. The smallest absolute Gasteiger partial charge is 0.237 e. The summed E-state index contributed by atoms with van der Waals surface area (Å²) < 4.78 is 0. The maximum absolute atomic E-state index is 12.0. The number of aliphatic hydroxyl groups excluding tert-OH is 1. The molecule has 1 aliphatic heterocycles. The van der Waals surface area contributed by atoms with Crippen molar-refractivity contribution in [3.63, 3.8) is 0 Å². The van der Waals surface area contributed by atoms with Crippen molar-refractivity contribution in [3.8, 4) is 0 Å². The molecule has 0 aliphatic carbocycles. The molecule has 0 bridgehead atoms. The van der Waals surface area contributed by atoms with E-state index in [2.05, 4.69) is 10.6 Å². The van der Waals surface area contributed by atoms with Crippen LogP contribution in [0.15, 0.2) is 24.3 Å². The van der Waals surface area contributed by atoms with Crippen LogP contribution in [0.2, 0.25) is 0 Å². The zero-order valence-electron chi connectivity index (χ0n) is 10.8. The van der Waals surface area contributed by atoms with E-state index in [-0.39, 0.29) is 18.0 Å². The Kier molecular flexibility index (Phi) is 3.99. The van der Waals surface area contributed by atoms with Crippen LogP contribution in [0.25, 0.3) is 0 Å². The molecule has 1 fully saturated rings. The van der Waals surface area contributed by atoms with Gasteiger partial charge in [-0.05, 0) is 31.4 Å². The molecule has 2 unspecified atom stereocenters. The third kappa shape index (κ3) is 2.89. The summed E-state index contributed by atoms with van der Waals surface area (Å²) in [6.45, 7) is 4.51. The number of carbonyl (C=O) groups excluding carboxylic acids is 1. The molecule has 0 spiro atoms. The molecule has 1 saturated heterocycles. The molecule has 1 heterocycles. The normalized spacial score (nSPS) is 24.8. The van der Waals surface area contributed by atoms with Crippen LogP contribution in [0.3, 0.4) is 0 Å². The third-order valence-corrected chi connectivity index (χ3v) is 3.44. The summed E-state index contributed by atoms with van der Waals surface area (Å²) in [4.78, 5) is 12.0. The first-order chi connectivity index (χ1) is 8.58. The lowest BCUT2D eigenvalue weighted by atomic mass is 10.0. The van der Waals surface area contributed by atoms with Crippen molar-refractivity contribution in [1.82, 2.24) is 10.6 Å². The quantitative estimate of drug-likeness (QED) is 0.744. The lowest BCUT2D eigenvalue weighted by Gasteiger charge is -2.19. The van der Waals surface area contributed by atoms with Crippen molar-refractivity contribution >= 4 is 5.91 Å². The standard InChI is InChI=1S/C14H20N2O2/c1-9-5-3-4-6-12(9)10(2)16-14(18)13-7-11(17)8-15-13/h3-6,10-11,13,15,17H,7-8H2,1-2H3,(H,16,18)/t10-,11?,13?/m0/s1. The van der Waals surface area contributed by atoms with E-state index in [1.54, 1.807) is 0 Å². The monoisotopic (exact) mass is 248 g/mol. The molecule has 18 heavy (non-hydrogen) atoms. The number of aliphatic hydroxyl groups is 1. The first-order valence-corrected chi connectivity index (χ1v) is 6.35. The molecule has 98 valence electrons. The molecule has 4 heteroatoms. The van der Waals surface area contributed by atoms with Gasteiger partial charge in [0.15, 0.2) is 0 Å². The fourth-order valence-electron chi connectivity index (χ4n) is 2.38. The number of β-amino-alcohol motifs (C(OH)–C–C–N with tert-alkyl or cyclic N) is 1. The lowest BCUT2D eigenvalue weighted by Crippen LogP contribution is -2.41. The van der Waals surface area contributed by atoms with Gasteiger partial charge in [0.1, 0.15) is 0 Å². The summed E-state index contributed by atoms with van der Waals surface area (Å²) in [5.74, 6) is -0.0395. The second kappa shape index (κ2) is 5.50. The number of carbonyl (C=O) groups is 1. The zero-order valence-corrected chi connectivity index (χ0v) is 10.8. The number of hydrogen-bond acceptors (Lipinski definition) is 3. The van der Waals surface area contributed by atoms with Gasteiger partial charge in [-0.25, -0.2) is 0 Å². The van der Waals surface area contributed by atoms with E-state index in [0.29, 0.717) is 13.0 Å². The molecular formula is C14H20N2O2. The topological polar surface area (TPSA) is 61.4 Å². The average Bonchev–Trinajstić information content (AvgIpc) is 2.76. The second-order valence-electron chi connectivity index (χ2n) is 4.94. The average molecular weight is 248 g/mol. The van der Waals surface area contributed by atoms with Crippen molar-refractivity contribution in [2.75, 3.05) is 6.54 Å². The summed E-state index contributed by atoms with van der Waals surface area (Å²) in [5, 5.41) is 15.4. The zero-order chi connectivity index (χ0) is 13.1. The Labute approximate surface area is 107 Å². The molecule has 1 amide bonds. The van der Waals surface area contributed by atoms with Crippen LogP contribution in [-0.2, 0) is 4.79 Å². The van der Waals surface area contributed by atoms with E-state index in [4.69, 9.17) is 0 Å². The summed E-state index contributed by atoms with van der Waals surface area (Å²) in [5.41, 5.74) is 2.30. The Hall–Kier alpha value is -1.39. The number of nitrogens with one attached hydrogen (secondary N) is 2. The minimum Gasteiger partial charge on any atom is -0.392 e. The van der Waals surface area contributed by atoms with E-state index in [1.165, 1.54) is 5.56 Å². The first-order valence-electron chi connectivity index (χ1n) is 6.35. The van der Waals surface area contributed by atoms with Crippen LogP contribution in [-0.4, -0.2) is 29.7 Å². The summed E-state index contributed by atoms with van der Waals surface area (Å²) in [7, 11) is 0. The van der Waals surface area contributed by atoms with E-state index < -0.39 is 6.10 Å². The maximum Gasteiger partial charge on any atom is 0.237 e. The van der Waals surface area contributed by atoms with E-state index in [0.717, 1.165) is 5.56 Å². The Morgan fingerprint density at radius 1 is 1.50 bits per heavy atom. The van der Waals surface area contributed by atoms with Crippen LogP contribution in [0, 0.1) is 6.92 Å². The first kappa shape index (κ1) is 13.1. The lowest BCUT2D eigenvalue weighted by molar-refractivity contribution is -0.123. The highest BCUT2D eigenvalue weighted by Crippen LogP contribution is 2.17. The fourth-order valence-corrected chi connectivity index (χ4v) is 2.38. The van der Waals surface area contributed by atoms with E-state index >= 15 is 0 Å². The van der Waals surface area contributed by atoms with Gasteiger partial charge in [-0.3, -0.25) is 4.79 Å². The van der Waals surface area contributed by atoms with Gasteiger partial charge in [0.2, 0.25) is 5.91 Å².